The summed E-state index contributed by atoms with van der Waals surface area (Å²) in [5.41, 5.74) is 1.64. The molecule has 1 aliphatic rings. The normalized spacial score (nSPS) is 18.3. The highest BCUT2D eigenvalue weighted by Crippen LogP contribution is 2.29. The third-order valence-corrected chi connectivity index (χ3v) is 6.78. The van der Waals surface area contributed by atoms with Gasteiger partial charge in [0, 0.05) is 38.3 Å². The number of aromatic nitrogens is 4. The van der Waals surface area contributed by atoms with Gasteiger partial charge in [0.2, 0.25) is 0 Å². The number of hydrogen-bond donors (Lipinski definition) is 0. The van der Waals surface area contributed by atoms with Crippen LogP contribution in [-0.4, -0.2) is 60.9 Å². The van der Waals surface area contributed by atoms with Crippen LogP contribution in [0.1, 0.15) is 59.9 Å². The van der Waals surface area contributed by atoms with E-state index >= 15 is 0 Å². The Kier molecular flexibility index (Phi) is 8.10. The number of benzene rings is 1. The molecule has 2 atom stereocenters. The zero-order chi connectivity index (χ0) is 27.6. The van der Waals surface area contributed by atoms with Crippen LogP contribution in [-0.2, 0) is 35.8 Å². The molecule has 0 radical (unpaired) electrons. The van der Waals surface area contributed by atoms with E-state index in [1.165, 1.54) is 0 Å². The summed E-state index contributed by atoms with van der Waals surface area (Å²) in [5, 5.41) is 0. The molecule has 4 rings (SSSR count). The van der Waals surface area contributed by atoms with Gasteiger partial charge in [-0.1, -0.05) is 30.3 Å². The van der Waals surface area contributed by atoms with Crippen molar-refractivity contribution in [3.63, 3.8) is 0 Å². The van der Waals surface area contributed by atoms with E-state index in [0.29, 0.717) is 50.7 Å². The number of piperazine rings is 1. The summed E-state index contributed by atoms with van der Waals surface area (Å²) in [6.07, 6.45) is -0.330. The van der Waals surface area contributed by atoms with Gasteiger partial charge in [-0.15, -0.1) is 0 Å². The lowest BCUT2D eigenvalue weighted by atomic mass is 10.1. The monoisotopic (exact) mass is 524 g/mol. The minimum absolute atomic E-state index is 0.0872. The summed E-state index contributed by atoms with van der Waals surface area (Å²) in [7, 11) is 0. The molecule has 3 aromatic rings. The predicted octanol–water partition coefficient (Wildman–Crippen LogP) is 4.18. The molecule has 0 bridgehead atoms. The summed E-state index contributed by atoms with van der Waals surface area (Å²) < 4.78 is 15.4. The average Bonchev–Trinajstić information content (AvgIpc) is 3.22. The quantitative estimate of drug-likeness (QED) is 0.458. The lowest BCUT2D eigenvalue weighted by molar-refractivity contribution is 0.0130. The van der Waals surface area contributed by atoms with Crippen molar-refractivity contribution in [1.29, 1.82) is 0 Å². The molecule has 1 saturated heterocycles. The topological polar surface area (TPSA) is 94.7 Å². The van der Waals surface area contributed by atoms with E-state index in [-0.39, 0.29) is 23.9 Å². The Morgan fingerprint density at radius 3 is 2.29 bits per heavy atom. The van der Waals surface area contributed by atoms with Crippen molar-refractivity contribution in [3.8, 4) is 0 Å². The highest BCUT2D eigenvalue weighted by Gasteiger charge is 2.36. The molecule has 1 aromatic carbocycles. The molecule has 0 saturated carbocycles. The van der Waals surface area contributed by atoms with Gasteiger partial charge in [0.25, 0.3) is 0 Å². The smallest absolute Gasteiger partial charge is 0.410 e. The first-order valence-corrected chi connectivity index (χ1v) is 13.4. The number of imidazole rings is 1. The second-order valence-corrected chi connectivity index (χ2v) is 10.9. The van der Waals surface area contributed by atoms with Crippen LogP contribution in [0.5, 0.6) is 0 Å². The zero-order valence-electron chi connectivity index (χ0n) is 23.6. The number of aryl methyl sites for hydroxylation is 2. The van der Waals surface area contributed by atoms with Crippen LogP contribution in [0.4, 0.5) is 10.6 Å². The molecule has 0 aliphatic carbocycles. The highest BCUT2D eigenvalue weighted by atomic mass is 16.6. The van der Waals surface area contributed by atoms with Crippen LogP contribution < -0.4 is 10.6 Å². The molecule has 38 heavy (non-hydrogen) atoms. The maximum atomic E-state index is 13.2. The first-order valence-electron chi connectivity index (χ1n) is 13.4. The maximum absolute atomic E-state index is 13.2. The SMILES string of the molecule is CCn1c(COCc2ccccc2)nc2c(N3C[C@@H](C)N(C(=O)OC(C)(C)C)C[C@@H]3C)nc(=O)n(CC)c21. The molecule has 2 aromatic heterocycles. The Hall–Kier alpha value is -3.40. The molecule has 0 N–H and O–H groups in total. The Morgan fingerprint density at radius 1 is 0.974 bits per heavy atom. The molecule has 10 heteroatoms. The molecular formula is C28H40N6O4. The van der Waals surface area contributed by atoms with Gasteiger partial charge >= 0.3 is 11.8 Å². The Balaban J connectivity index is 1.67. The molecule has 0 unspecified atom stereocenters. The fourth-order valence-corrected chi connectivity index (χ4v) is 4.97. The minimum atomic E-state index is -0.568. The van der Waals surface area contributed by atoms with Gasteiger partial charge in [-0.2, -0.15) is 4.98 Å². The molecule has 1 amide bonds. The number of anilines is 1. The summed E-state index contributed by atoms with van der Waals surface area (Å²) in [6.45, 7) is 16.5. The Bertz CT molecular complexity index is 1330. The van der Waals surface area contributed by atoms with Crippen molar-refractivity contribution in [2.45, 2.75) is 92.5 Å². The number of ether oxygens (including phenoxy) is 2. The van der Waals surface area contributed by atoms with E-state index in [9.17, 15) is 9.59 Å². The largest absolute Gasteiger partial charge is 0.444 e. The lowest BCUT2D eigenvalue weighted by Crippen LogP contribution is -2.59. The van der Waals surface area contributed by atoms with Gasteiger partial charge < -0.3 is 23.8 Å². The minimum Gasteiger partial charge on any atom is -0.444 e. The van der Waals surface area contributed by atoms with Crippen LogP contribution in [0.25, 0.3) is 11.2 Å². The molecule has 3 heterocycles. The molecule has 1 aliphatic heterocycles. The van der Waals surface area contributed by atoms with Gasteiger partial charge in [0.05, 0.1) is 6.61 Å². The van der Waals surface area contributed by atoms with Crippen LogP contribution in [0.2, 0.25) is 0 Å². The first-order chi connectivity index (χ1) is 18.0. The van der Waals surface area contributed by atoms with Gasteiger partial charge in [0.1, 0.15) is 29.2 Å². The summed E-state index contributed by atoms with van der Waals surface area (Å²) in [5.74, 6) is 1.30. The van der Waals surface area contributed by atoms with E-state index in [4.69, 9.17) is 14.5 Å². The van der Waals surface area contributed by atoms with E-state index in [0.717, 1.165) is 17.0 Å². The summed E-state index contributed by atoms with van der Waals surface area (Å²) in [4.78, 5) is 39.4. The van der Waals surface area contributed by atoms with Crippen LogP contribution in [0.3, 0.4) is 0 Å². The standard InChI is InChI=1S/C28H40N6O4/c1-8-31-22(18-37-17-21-13-11-10-12-14-21)29-23-24(30-26(35)32(9-2)25(23)31)33-15-20(4)34(16-19(33)3)27(36)38-28(5,6)7/h10-14,19-20H,8-9,15-18H2,1-7H3/t19-,20+/m0/s1. The van der Waals surface area contributed by atoms with Crippen molar-refractivity contribution in [2.75, 3.05) is 18.0 Å². The average molecular weight is 525 g/mol. The third-order valence-electron chi connectivity index (χ3n) is 6.78. The van der Waals surface area contributed by atoms with E-state index in [1.54, 1.807) is 9.47 Å². The van der Waals surface area contributed by atoms with Crippen molar-refractivity contribution in [1.82, 2.24) is 24.0 Å². The number of carbonyl (C=O) groups excluding carboxylic acids is 1. The summed E-state index contributed by atoms with van der Waals surface area (Å²) >= 11 is 0. The van der Waals surface area contributed by atoms with E-state index in [1.807, 2.05) is 83.4 Å². The number of amides is 1. The third kappa shape index (κ3) is 5.70. The van der Waals surface area contributed by atoms with Crippen molar-refractivity contribution in [3.05, 3.63) is 52.2 Å². The fraction of sp³-hybridized carbons (Fsp3) is 0.571. The highest BCUT2D eigenvalue weighted by molar-refractivity contribution is 5.85. The van der Waals surface area contributed by atoms with Gasteiger partial charge in [-0.05, 0) is 54.0 Å². The van der Waals surface area contributed by atoms with Crippen LogP contribution >= 0.6 is 0 Å². The number of carbonyl (C=O) groups is 1. The second-order valence-electron chi connectivity index (χ2n) is 10.9. The van der Waals surface area contributed by atoms with Crippen molar-refractivity contribution < 1.29 is 14.3 Å². The molecule has 206 valence electrons. The number of nitrogens with zero attached hydrogens (tertiary/aromatic N) is 6. The number of fused-ring (bicyclic) bond motifs is 1. The zero-order valence-corrected chi connectivity index (χ0v) is 23.6. The van der Waals surface area contributed by atoms with Gasteiger partial charge in [0.15, 0.2) is 5.82 Å². The van der Waals surface area contributed by atoms with Crippen molar-refractivity contribution in [2.24, 2.45) is 0 Å². The fourth-order valence-electron chi connectivity index (χ4n) is 4.97. The molecule has 1 fully saturated rings. The first kappa shape index (κ1) is 27.6. The lowest BCUT2D eigenvalue weighted by Gasteiger charge is -2.44. The van der Waals surface area contributed by atoms with Crippen molar-refractivity contribution >= 4 is 23.1 Å². The van der Waals surface area contributed by atoms with Crippen LogP contribution in [0.15, 0.2) is 35.1 Å². The second kappa shape index (κ2) is 11.1. The number of rotatable bonds is 7. The van der Waals surface area contributed by atoms with Crippen LogP contribution in [0, 0.1) is 0 Å². The predicted molar refractivity (Wildman–Crippen MR) is 147 cm³/mol. The Morgan fingerprint density at radius 2 is 1.66 bits per heavy atom. The molecule has 10 nitrogen and oxygen atoms in total. The summed E-state index contributed by atoms with van der Waals surface area (Å²) in [6, 6.07) is 9.79. The Labute approximate surface area is 224 Å². The van der Waals surface area contributed by atoms with E-state index in [2.05, 4.69) is 9.88 Å². The molecule has 0 spiro atoms. The maximum Gasteiger partial charge on any atom is 0.410 e. The molecular weight excluding hydrogens is 484 g/mol. The van der Waals surface area contributed by atoms with Gasteiger partial charge in [-0.3, -0.25) is 4.57 Å². The number of hydrogen-bond acceptors (Lipinski definition) is 7. The van der Waals surface area contributed by atoms with Gasteiger partial charge in [-0.25, -0.2) is 14.6 Å². The van der Waals surface area contributed by atoms with E-state index < -0.39 is 5.60 Å².